The second-order valence-corrected chi connectivity index (χ2v) is 6.29. The van der Waals surface area contributed by atoms with Crippen LogP contribution in [0.1, 0.15) is 16.7 Å². The quantitative estimate of drug-likeness (QED) is 0.406. The lowest BCUT2D eigenvalue weighted by Gasteiger charge is -2.14. The van der Waals surface area contributed by atoms with Crippen molar-refractivity contribution in [1.29, 1.82) is 10.5 Å². The van der Waals surface area contributed by atoms with Gasteiger partial charge in [-0.3, -0.25) is 4.79 Å². The first-order valence-corrected chi connectivity index (χ1v) is 8.48. The number of carbonyl (C=O) groups is 1. The van der Waals surface area contributed by atoms with Crippen LogP contribution in [0.15, 0.2) is 42.0 Å². The van der Waals surface area contributed by atoms with Crippen LogP contribution in [0, 0.1) is 26.2 Å². The van der Waals surface area contributed by atoms with E-state index in [1.54, 1.807) is 30.3 Å². The van der Waals surface area contributed by atoms with Gasteiger partial charge in [0.05, 0.1) is 22.3 Å². The average Bonchev–Trinajstić information content (AvgIpc) is 2.64. The third kappa shape index (κ3) is 4.52. The predicted molar refractivity (Wildman–Crippen MR) is 104 cm³/mol. The van der Waals surface area contributed by atoms with Gasteiger partial charge in [0.15, 0.2) is 11.5 Å². The lowest BCUT2D eigenvalue weighted by Crippen LogP contribution is -2.12. The van der Waals surface area contributed by atoms with E-state index >= 15 is 0 Å². The molecule has 0 bridgehead atoms. The van der Waals surface area contributed by atoms with Gasteiger partial charge in [-0.2, -0.15) is 10.5 Å². The molecule has 0 atom stereocenters. The third-order valence-corrected chi connectivity index (χ3v) is 4.26. The fourth-order valence-electron chi connectivity index (χ4n) is 2.19. The van der Waals surface area contributed by atoms with E-state index in [-0.39, 0.29) is 12.2 Å². The number of halogens is 1. The van der Waals surface area contributed by atoms with Crippen molar-refractivity contribution in [3.8, 4) is 23.6 Å². The lowest BCUT2D eigenvalue weighted by atomic mass is 10.1. The number of primary amides is 1. The van der Waals surface area contributed by atoms with Crippen LogP contribution in [0.5, 0.6) is 11.5 Å². The second kappa shape index (κ2) is 8.88. The standard InChI is InChI=1S/C19H14IN3O3/c1-25-17-8-12(6-15(10-22)19(23)24)7-16(20)18(17)26-11-14-5-3-2-4-13(14)9-21/h2-8H,11H2,1H3,(H2,23,24)/b15-6+. The maximum absolute atomic E-state index is 11.2. The van der Waals surface area contributed by atoms with Crippen LogP contribution < -0.4 is 15.2 Å². The molecule has 0 spiro atoms. The minimum Gasteiger partial charge on any atom is -0.493 e. The molecule has 0 fully saturated rings. The molecule has 0 unspecified atom stereocenters. The monoisotopic (exact) mass is 459 g/mol. The molecule has 7 heteroatoms. The zero-order valence-corrected chi connectivity index (χ0v) is 16.0. The molecule has 0 heterocycles. The topological polar surface area (TPSA) is 109 Å². The highest BCUT2D eigenvalue weighted by Gasteiger charge is 2.13. The van der Waals surface area contributed by atoms with Crippen molar-refractivity contribution in [3.63, 3.8) is 0 Å². The van der Waals surface area contributed by atoms with E-state index in [0.717, 1.165) is 9.13 Å². The van der Waals surface area contributed by atoms with Crippen molar-refractivity contribution < 1.29 is 14.3 Å². The highest BCUT2D eigenvalue weighted by atomic mass is 127. The molecule has 0 saturated heterocycles. The maximum Gasteiger partial charge on any atom is 0.259 e. The fraction of sp³-hybridized carbons (Fsp3) is 0.105. The van der Waals surface area contributed by atoms with Crippen LogP contribution >= 0.6 is 22.6 Å². The number of methoxy groups -OCH3 is 1. The smallest absolute Gasteiger partial charge is 0.259 e. The third-order valence-electron chi connectivity index (χ3n) is 3.46. The minimum absolute atomic E-state index is 0.153. The number of ether oxygens (including phenoxy) is 2. The average molecular weight is 459 g/mol. The highest BCUT2D eigenvalue weighted by molar-refractivity contribution is 14.1. The van der Waals surface area contributed by atoms with Gasteiger partial charge in [0.2, 0.25) is 0 Å². The molecule has 0 aliphatic heterocycles. The summed E-state index contributed by atoms with van der Waals surface area (Å²) >= 11 is 2.07. The number of nitrogens with zero attached hydrogens (tertiary/aromatic N) is 2. The number of nitrogens with two attached hydrogens (primary N) is 1. The van der Waals surface area contributed by atoms with Crippen LogP contribution in [0.2, 0.25) is 0 Å². The number of amides is 1. The SMILES string of the molecule is COc1cc(/C=C(\C#N)C(N)=O)cc(I)c1OCc1ccccc1C#N. The van der Waals surface area contributed by atoms with Gasteiger partial charge < -0.3 is 15.2 Å². The molecule has 0 saturated carbocycles. The van der Waals surface area contributed by atoms with E-state index in [1.165, 1.54) is 13.2 Å². The molecule has 0 aliphatic carbocycles. The Kier molecular flexibility index (Phi) is 6.59. The van der Waals surface area contributed by atoms with Gasteiger partial charge in [-0.05, 0) is 52.4 Å². The molecule has 26 heavy (non-hydrogen) atoms. The second-order valence-electron chi connectivity index (χ2n) is 5.13. The normalized spacial score (nSPS) is 10.5. The molecule has 130 valence electrons. The highest BCUT2D eigenvalue weighted by Crippen LogP contribution is 2.35. The van der Waals surface area contributed by atoms with E-state index in [9.17, 15) is 4.79 Å². The molecular formula is C19H14IN3O3. The Balaban J connectivity index is 2.34. The van der Waals surface area contributed by atoms with Gasteiger partial charge in [-0.1, -0.05) is 18.2 Å². The first-order valence-electron chi connectivity index (χ1n) is 7.40. The largest absolute Gasteiger partial charge is 0.493 e. The van der Waals surface area contributed by atoms with Crippen molar-refractivity contribution in [2.24, 2.45) is 5.73 Å². The summed E-state index contributed by atoms with van der Waals surface area (Å²) in [5.74, 6) is 0.157. The van der Waals surface area contributed by atoms with E-state index in [4.69, 9.17) is 25.7 Å². The summed E-state index contributed by atoms with van der Waals surface area (Å²) in [6.07, 6.45) is 1.39. The lowest BCUT2D eigenvalue weighted by molar-refractivity contribution is -0.114. The van der Waals surface area contributed by atoms with E-state index in [0.29, 0.717) is 22.6 Å². The Labute approximate surface area is 164 Å². The first kappa shape index (κ1) is 19.3. The summed E-state index contributed by atoms with van der Waals surface area (Å²) in [5, 5.41) is 18.1. The summed E-state index contributed by atoms with van der Waals surface area (Å²) < 4.78 is 12.0. The van der Waals surface area contributed by atoms with Gasteiger partial charge in [0, 0.05) is 5.56 Å². The van der Waals surface area contributed by atoms with Crippen LogP contribution in [-0.2, 0) is 11.4 Å². The molecule has 2 aromatic rings. The van der Waals surface area contributed by atoms with Crippen molar-refractivity contribution >= 4 is 34.6 Å². The summed E-state index contributed by atoms with van der Waals surface area (Å²) in [7, 11) is 1.49. The number of benzene rings is 2. The Morgan fingerprint density at radius 3 is 2.65 bits per heavy atom. The summed E-state index contributed by atoms with van der Waals surface area (Å²) in [6, 6.07) is 14.5. The van der Waals surface area contributed by atoms with Crippen LogP contribution in [0.4, 0.5) is 0 Å². The summed E-state index contributed by atoms with van der Waals surface area (Å²) in [6.45, 7) is 0.204. The Morgan fingerprint density at radius 1 is 1.31 bits per heavy atom. The van der Waals surface area contributed by atoms with Crippen LogP contribution in [0.25, 0.3) is 6.08 Å². The zero-order chi connectivity index (χ0) is 19.1. The molecule has 0 aliphatic rings. The number of nitriles is 2. The molecule has 1 amide bonds. The molecule has 0 radical (unpaired) electrons. The number of carbonyl (C=O) groups excluding carboxylic acids is 1. The Bertz CT molecular complexity index is 955. The van der Waals surface area contributed by atoms with Crippen molar-refractivity contribution in [3.05, 3.63) is 62.2 Å². The summed E-state index contributed by atoms with van der Waals surface area (Å²) in [4.78, 5) is 11.2. The van der Waals surface area contributed by atoms with Crippen molar-refractivity contribution in [2.45, 2.75) is 6.61 Å². The fourth-order valence-corrected chi connectivity index (χ4v) is 2.97. The molecule has 6 nitrogen and oxygen atoms in total. The number of hydrogen-bond donors (Lipinski definition) is 1. The minimum atomic E-state index is -0.796. The van der Waals surface area contributed by atoms with Crippen molar-refractivity contribution in [2.75, 3.05) is 7.11 Å². The van der Waals surface area contributed by atoms with Crippen LogP contribution in [-0.4, -0.2) is 13.0 Å². The van der Waals surface area contributed by atoms with Gasteiger partial charge in [-0.15, -0.1) is 0 Å². The van der Waals surface area contributed by atoms with Crippen molar-refractivity contribution in [1.82, 2.24) is 0 Å². The Hall–Kier alpha value is -3.04. The van der Waals surface area contributed by atoms with Gasteiger partial charge >= 0.3 is 0 Å². The van der Waals surface area contributed by atoms with E-state index in [2.05, 4.69) is 28.7 Å². The zero-order valence-electron chi connectivity index (χ0n) is 13.8. The van der Waals surface area contributed by atoms with E-state index in [1.807, 2.05) is 12.1 Å². The number of hydrogen-bond acceptors (Lipinski definition) is 5. The maximum atomic E-state index is 11.2. The van der Waals surface area contributed by atoms with Gasteiger partial charge in [0.25, 0.3) is 5.91 Å². The van der Waals surface area contributed by atoms with Gasteiger partial charge in [-0.25, -0.2) is 0 Å². The molecule has 2 N–H and O–H groups in total. The number of rotatable bonds is 6. The first-order chi connectivity index (χ1) is 12.5. The predicted octanol–water partition coefficient (Wildman–Crippen LogP) is 3.14. The molecule has 0 aromatic heterocycles. The van der Waals surface area contributed by atoms with E-state index < -0.39 is 5.91 Å². The molecule has 2 aromatic carbocycles. The Morgan fingerprint density at radius 2 is 2.04 bits per heavy atom. The van der Waals surface area contributed by atoms with Crippen LogP contribution in [0.3, 0.4) is 0 Å². The van der Waals surface area contributed by atoms with Gasteiger partial charge in [0.1, 0.15) is 18.2 Å². The molecule has 2 rings (SSSR count). The molecular weight excluding hydrogens is 445 g/mol. The summed E-state index contributed by atoms with van der Waals surface area (Å²) in [5.41, 5.74) is 6.90.